The molecule has 0 saturated carbocycles. The fourth-order valence-corrected chi connectivity index (χ4v) is 3.31. The summed E-state index contributed by atoms with van der Waals surface area (Å²) in [5.41, 5.74) is 1.03. The largest absolute Gasteiger partial charge is 0.469 e. The van der Waals surface area contributed by atoms with E-state index in [-0.39, 0.29) is 31.4 Å². The first kappa shape index (κ1) is 20.1. The molecule has 0 bridgehead atoms. The summed E-state index contributed by atoms with van der Waals surface area (Å²) in [4.78, 5) is 38.0. The first-order valence-electron chi connectivity index (χ1n) is 8.29. The number of benzene rings is 1. The monoisotopic (exact) mass is 380 g/mol. The fraction of sp³-hybridized carbons (Fsp3) is 0.500. The lowest BCUT2D eigenvalue weighted by molar-refractivity contribution is -0.140. The van der Waals surface area contributed by atoms with Crippen molar-refractivity contribution in [2.75, 3.05) is 24.3 Å². The molecule has 0 aliphatic carbocycles. The zero-order valence-corrected chi connectivity index (χ0v) is 16.3. The maximum atomic E-state index is 12.3. The molecule has 0 aromatic heterocycles. The predicted molar refractivity (Wildman–Crippen MR) is 99.2 cm³/mol. The molecule has 8 heteroatoms. The Kier molecular flexibility index (Phi) is 6.52. The highest BCUT2D eigenvalue weighted by atomic mass is 32.2. The van der Waals surface area contributed by atoms with Gasteiger partial charge in [0, 0.05) is 18.0 Å². The number of ether oxygens (including phenoxy) is 2. The van der Waals surface area contributed by atoms with Crippen molar-refractivity contribution in [3.63, 3.8) is 0 Å². The second-order valence-corrected chi connectivity index (χ2v) is 7.83. The number of hydrogen-bond acceptors (Lipinski definition) is 6. The maximum Gasteiger partial charge on any atom is 0.407 e. The number of carbonyl (C=O) groups is 3. The van der Waals surface area contributed by atoms with Crippen molar-refractivity contribution in [2.24, 2.45) is 0 Å². The predicted octanol–water partition coefficient (Wildman–Crippen LogP) is 2.71. The average Bonchev–Trinajstić information content (AvgIpc) is 2.57. The minimum atomic E-state index is -0.562. The van der Waals surface area contributed by atoms with Gasteiger partial charge in [-0.2, -0.15) is 0 Å². The van der Waals surface area contributed by atoms with Gasteiger partial charge in [-0.1, -0.05) is 6.07 Å². The molecule has 26 heavy (non-hydrogen) atoms. The molecule has 0 spiro atoms. The first-order valence-corrected chi connectivity index (χ1v) is 9.28. The Balaban J connectivity index is 2.08. The van der Waals surface area contributed by atoms with E-state index < -0.39 is 11.7 Å². The minimum Gasteiger partial charge on any atom is -0.469 e. The van der Waals surface area contributed by atoms with Gasteiger partial charge in [0.05, 0.1) is 25.0 Å². The summed E-state index contributed by atoms with van der Waals surface area (Å²) in [6, 6.07) is 5.68. The second kappa shape index (κ2) is 8.44. The van der Waals surface area contributed by atoms with E-state index in [1.165, 1.54) is 18.9 Å². The van der Waals surface area contributed by atoms with E-state index >= 15 is 0 Å². The van der Waals surface area contributed by atoms with Gasteiger partial charge >= 0.3 is 12.1 Å². The van der Waals surface area contributed by atoms with Crippen LogP contribution in [0.4, 0.5) is 10.5 Å². The van der Waals surface area contributed by atoms with Crippen LogP contribution in [0.1, 0.15) is 32.8 Å². The SMILES string of the molecule is COC(=O)CCN1C(=O)CSc2ccc(CNC(=O)OC(C)(C)C)cc21. The van der Waals surface area contributed by atoms with Crippen molar-refractivity contribution in [2.45, 2.75) is 44.2 Å². The van der Waals surface area contributed by atoms with Crippen molar-refractivity contribution >= 4 is 35.4 Å². The summed E-state index contributed by atoms with van der Waals surface area (Å²) in [6.45, 7) is 5.95. The van der Waals surface area contributed by atoms with Crippen molar-refractivity contribution < 1.29 is 23.9 Å². The quantitative estimate of drug-likeness (QED) is 0.791. The van der Waals surface area contributed by atoms with Crippen LogP contribution in [-0.2, 0) is 25.6 Å². The molecule has 0 saturated heterocycles. The number of rotatable bonds is 5. The number of carbonyl (C=O) groups excluding carboxylic acids is 3. The molecule has 1 N–H and O–H groups in total. The summed E-state index contributed by atoms with van der Waals surface area (Å²) in [6.07, 6.45) is -0.365. The van der Waals surface area contributed by atoms with Crippen LogP contribution >= 0.6 is 11.8 Å². The Labute approximate surface area is 157 Å². The van der Waals surface area contributed by atoms with Crippen LogP contribution in [0.3, 0.4) is 0 Å². The van der Waals surface area contributed by atoms with Gasteiger partial charge in [0.15, 0.2) is 0 Å². The Hall–Kier alpha value is -2.22. The molecule has 0 radical (unpaired) electrons. The van der Waals surface area contributed by atoms with Crippen LogP contribution in [0.15, 0.2) is 23.1 Å². The van der Waals surface area contributed by atoms with Crippen LogP contribution in [-0.4, -0.2) is 43.0 Å². The second-order valence-electron chi connectivity index (χ2n) is 6.82. The molecule has 1 aromatic rings. The first-order chi connectivity index (χ1) is 12.2. The topological polar surface area (TPSA) is 84.9 Å². The lowest BCUT2D eigenvalue weighted by atomic mass is 10.1. The number of thioether (sulfide) groups is 1. The Morgan fingerprint density at radius 3 is 2.69 bits per heavy atom. The van der Waals surface area contributed by atoms with Crippen LogP contribution in [0.25, 0.3) is 0 Å². The number of esters is 1. The molecular formula is C18H24N2O5S. The molecule has 7 nitrogen and oxygen atoms in total. The van der Waals surface area contributed by atoms with E-state index in [0.717, 1.165) is 16.1 Å². The highest BCUT2D eigenvalue weighted by Gasteiger charge is 2.25. The molecule has 1 aliphatic heterocycles. The summed E-state index contributed by atoms with van der Waals surface area (Å²) < 4.78 is 9.87. The van der Waals surface area contributed by atoms with Gasteiger partial charge < -0.3 is 19.7 Å². The van der Waals surface area contributed by atoms with Crippen molar-refractivity contribution in [3.8, 4) is 0 Å². The summed E-state index contributed by atoms with van der Waals surface area (Å²) in [5, 5.41) is 2.70. The number of fused-ring (bicyclic) bond motifs is 1. The maximum absolute atomic E-state index is 12.3. The van der Waals surface area contributed by atoms with Crippen LogP contribution in [0.5, 0.6) is 0 Å². The van der Waals surface area contributed by atoms with E-state index in [2.05, 4.69) is 10.1 Å². The summed E-state index contributed by atoms with van der Waals surface area (Å²) in [7, 11) is 1.32. The van der Waals surface area contributed by atoms with Gasteiger partial charge in [-0.05, 0) is 38.5 Å². The molecule has 0 fully saturated rings. The van der Waals surface area contributed by atoms with Gasteiger partial charge in [0.1, 0.15) is 5.60 Å². The molecule has 0 atom stereocenters. The van der Waals surface area contributed by atoms with Gasteiger partial charge in [-0.3, -0.25) is 9.59 Å². The lowest BCUT2D eigenvalue weighted by Crippen LogP contribution is -2.37. The number of hydrogen-bond donors (Lipinski definition) is 1. The van der Waals surface area contributed by atoms with Gasteiger partial charge in [-0.15, -0.1) is 11.8 Å². The lowest BCUT2D eigenvalue weighted by Gasteiger charge is -2.29. The normalized spacial score (nSPS) is 13.8. The molecule has 2 amide bonds. The van der Waals surface area contributed by atoms with Crippen molar-refractivity contribution in [1.82, 2.24) is 5.32 Å². The number of amides is 2. The third-order valence-electron chi connectivity index (χ3n) is 3.57. The number of methoxy groups -OCH3 is 1. The van der Waals surface area contributed by atoms with E-state index in [1.54, 1.807) is 25.7 Å². The smallest absolute Gasteiger partial charge is 0.407 e. The van der Waals surface area contributed by atoms with E-state index in [0.29, 0.717) is 5.75 Å². The standard InChI is InChI=1S/C18H24N2O5S/c1-18(2,3)25-17(23)19-10-12-5-6-14-13(9-12)20(15(21)11-26-14)8-7-16(22)24-4/h5-6,9H,7-8,10-11H2,1-4H3,(H,19,23). The highest BCUT2D eigenvalue weighted by Crippen LogP contribution is 2.36. The molecule has 1 heterocycles. The number of alkyl carbamates (subject to hydrolysis) is 1. The molecular weight excluding hydrogens is 356 g/mol. The van der Waals surface area contributed by atoms with E-state index in [4.69, 9.17) is 4.74 Å². The van der Waals surface area contributed by atoms with Gasteiger partial charge in [0.25, 0.3) is 0 Å². The third kappa shape index (κ3) is 5.66. The van der Waals surface area contributed by atoms with Crippen molar-refractivity contribution in [3.05, 3.63) is 23.8 Å². The molecule has 1 aliphatic rings. The summed E-state index contributed by atoms with van der Waals surface area (Å²) in [5.74, 6) is -0.0760. The van der Waals surface area contributed by atoms with E-state index in [1.807, 2.05) is 18.2 Å². The molecule has 1 aromatic carbocycles. The van der Waals surface area contributed by atoms with Crippen LogP contribution < -0.4 is 10.2 Å². The zero-order valence-electron chi connectivity index (χ0n) is 15.5. The van der Waals surface area contributed by atoms with Crippen LogP contribution in [0, 0.1) is 0 Å². The molecule has 0 unspecified atom stereocenters. The van der Waals surface area contributed by atoms with Gasteiger partial charge in [-0.25, -0.2) is 4.79 Å². The number of anilines is 1. The Morgan fingerprint density at radius 1 is 1.31 bits per heavy atom. The Bertz CT molecular complexity index is 699. The Morgan fingerprint density at radius 2 is 2.04 bits per heavy atom. The average molecular weight is 380 g/mol. The highest BCUT2D eigenvalue weighted by molar-refractivity contribution is 8.00. The third-order valence-corrected chi connectivity index (χ3v) is 4.62. The number of nitrogens with one attached hydrogen (secondary N) is 1. The minimum absolute atomic E-state index is 0.0522. The zero-order chi connectivity index (χ0) is 19.3. The molecule has 2 rings (SSSR count). The fourth-order valence-electron chi connectivity index (χ4n) is 2.40. The van der Waals surface area contributed by atoms with E-state index in [9.17, 15) is 14.4 Å². The molecule has 142 valence electrons. The van der Waals surface area contributed by atoms with Crippen LogP contribution in [0.2, 0.25) is 0 Å². The number of nitrogens with zero attached hydrogens (tertiary/aromatic N) is 1. The summed E-state index contributed by atoms with van der Waals surface area (Å²) >= 11 is 1.46. The van der Waals surface area contributed by atoms with Crippen molar-refractivity contribution in [1.29, 1.82) is 0 Å². The van der Waals surface area contributed by atoms with Gasteiger partial charge in [0.2, 0.25) is 5.91 Å².